The Kier molecular flexibility index (Phi) is 6.37. The van der Waals surface area contributed by atoms with Gasteiger partial charge in [0.1, 0.15) is 5.75 Å². The van der Waals surface area contributed by atoms with Gasteiger partial charge in [-0.05, 0) is 48.9 Å². The number of unbranched alkanes of at least 4 members (excludes halogenated alkanes) is 1. The maximum Gasteiger partial charge on any atom is 0.255 e. The van der Waals surface area contributed by atoms with Gasteiger partial charge in [0.05, 0.1) is 6.61 Å². The highest BCUT2D eigenvalue weighted by Crippen LogP contribution is 2.16. The predicted octanol–water partition coefficient (Wildman–Crippen LogP) is 3.48. The average molecular weight is 326 g/mol. The summed E-state index contributed by atoms with van der Waals surface area (Å²) in [5.74, 6) is 0.305. The quantitative estimate of drug-likeness (QED) is 0.766. The molecule has 0 heterocycles. The molecule has 0 aliphatic carbocycles. The maximum atomic E-state index is 12.3. The van der Waals surface area contributed by atoms with Gasteiger partial charge in [0.25, 0.3) is 11.8 Å². The first-order valence-corrected chi connectivity index (χ1v) is 8.00. The zero-order valence-corrected chi connectivity index (χ0v) is 14.0. The smallest absolute Gasteiger partial charge is 0.255 e. The van der Waals surface area contributed by atoms with Gasteiger partial charge in [0, 0.05) is 23.9 Å². The molecule has 2 aromatic rings. The molecule has 0 atom stereocenters. The van der Waals surface area contributed by atoms with Crippen LogP contribution in [-0.2, 0) is 0 Å². The zero-order valence-electron chi connectivity index (χ0n) is 14.0. The Morgan fingerprint density at radius 2 is 1.75 bits per heavy atom. The number of hydrogen-bond acceptors (Lipinski definition) is 3. The topological polar surface area (TPSA) is 67.4 Å². The van der Waals surface area contributed by atoms with Crippen LogP contribution in [0.4, 0.5) is 5.69 Å². The molecular weight excluding hydrogens is 304 g/mol. The van der Waals surface area contributed by atoms with Crippen molar-refractivity contribution in [2.24, 2.45) is 0 Å². The maximum absolute atomic E-state index is 12.3. The lowest BCUT2D eigenvalue weighted by Crippen LogP contribution is -2.17. The van der Waals surface area contributed by atoms with Crippen molar-refractivity contribution in [3.8, 4) is 5.75 Å². The summed E-state index contributed by atoms with van der Waals surface area (Å²) in [5, 5.41) is 5.36. The van der Waals surface area contributed by atoms with Crippen LogP contribution in [0.2, 0.25) is 0 Å². The lowest BCUT2D eigenvalue weighted by atomic mass is 10.1. The van der Waals surface area contributed by atoms with E-state index in [0.29, 0.717) is 29.2 Å². The molecule has 0 radical (unpaired) electrons. The zero-order chi connectivity index (χ0) is 17.4. The van der Waals surface area contributed by atoms with Gasteiger partial charge in [-0.15, -0.1) is 0 Å². The van der Waals surface area contributed by atoms with E-state index in [1.807, 2.05) is 6.07 Å². The van der Waals surface area contributed by atoms with Crippen LogP contribution in [0.15, 0.2) is 48.5 Å². The lowest BCUT2D eigenvalue weighted by Gasteiger charge is -2.09. The Morgan fingerprint density at radius 1 is 1.00 bits per heavy atom. The van der Waals surface area contributed by atoms with Crippen molar-refractivity contribution in [1.29, 1.82) is 0 Å². The SMILES string of the molecule is CCCCOc1cccc(C(=O)Nc2ccc(C(=O)NC)cc2)c1. The van der Waals surface area contributed by atoms with Crippen LogP contribution in [0.5, 0.6) is 5.75 Å². The number of ether oxygens (including phenoxy) is 1. The van der Waals surface area contributed by atoms with Gasteiger partial charge in [-0.3, -0.25) is 9.59 Å². The van der Waals surface area contributed by atoms with Gasteiger partial charge in [-0.2, -0.15) is 0 Å². The highest BCUT2D eigenvalue weighted by Gasteiger charge is 2.08. The number of amides is 2. The molecular formula is C19H22N2O3. The molecule has 2 aromatic carbocycles. The molecule has 0 aliphatic rings. The van der Waals surface area contributed by atoms with Crippen LogP contribution in [0.25, 0.3) is 0 Å². The number of benzene rings is 2. The molecule has 0 aromatic heterocycles. The van der Waals surface area contributed by atoms with Crippen molar-refractivity contribution in [3.05, 3.63) is 59.7 Å². The minimum absolute atomic E-state index is 0.162. The van der Waals surface area contributed by atoms with E-state index in [4.69, 9.17) is 4.74 Å². The van der Waals surface area contributed by atoms with E-state index in [9.17, 15) is 9.59 Å². The molecule has 0 bridgehead atoms. The van der Waals surface area contributed by atoms with E-state index in [2.05, 4.69) is 17.6 Å². The van der Waals surface area contributed by atoms with Gasteiger partial charge < -0.3 is 15.4 Å². The van der Waals surface area contributed by atoms with Crippen molar-refractivity contribution in [2.75, 3.05) is 19.0 Å². The van der Waals surface area contributed by atoms with Crippen molar-refractivity contribution in [3.63, 3.8) is 0 Å². The first kappa shape index (κ1) is 17.5. The molecule has 2 amide bonds. The third-order valence-electron chi connectivity index (χ3n) is 3.49. The van der Waals surface area contributed by atoms with Crippen molar-refractivity contribution < 1.29 is 14.3 Å². The summed E-state index contributed by atoms with van der Waals surface area (Å²) in [6.07, 6.45) is 2.04. The van der Waals surface area contributed by atoms with Crippen LogP contribution < -0.4 is 15.4 Å². The monoisotopic (exact) mass is 326 g/mol. The summed E-state index contributed by atoms with van der Waals surface area (Å²) in [6.45, 7) is 2.74. The number of carbonyl (C=O) groups is 2. The Labute approximate surface area is 142 Å². The van der Waals surface area contributed by atoms with E-state index in [0.717, 1.165) is 12.8 Å². The molecule has 24 heavy (non-hydrogen) atoms. The second-order valence-electron chi connectivity index (χ2n) is 5.34. The number of hydrogen-bond donors (Lipinski definition) is 2. The number of anilines is 1. The van der Waals surface area contributed by atoms with E-state index >= 15 is 0 Å². The molecule has 0 fully saturated rings. The second kappa shape index (κ2) is 8.72. The molecule has 2 rings (SSSR count). The minimum atomic E-state index is -0.219. The molecule has 0 saturated heterocycles. The summed E-state index contributed by atoms with van der Waals surface area (Å²) >= 11 is 0. The molecule has 0 aliphatic heterocycles. The molecule has 0 unspecified atom stereocenters. The predicted molar refractivity (Wildman–Crippen MR) is 94.6 cm³/mol. The fraction of sp³-hybridized carbons (Fsp3) is 0.263. The largest absolute Gasteiger partial charge is 0.494 e. The van der Waals surface area contributed by atoms with Gasteiger partial charge in [-0.1, -0.05) is 19.4 Å². The summed E-state index contributed by atoms with van der Waals surface area (Å²) < 4.78 is 5.62. The van der Waals surface area contributed by atoms with Crippen molar-refractivity contribution in [1.82, 2.24) is 5.32 Å². The number of rotatable bonds is 7. The summed E-state index contributed by atoms with van der Waals surface area (Å²) in [6, 6.07) is 13.8. The highest BCUT2D eigenvalue weighted by molar-refractivity contribution is 6.04. The molecule has 0 saturated carbocycles. The fourth-order valence-electron chi connectivity index (χ4n) is 2.11. The Morgan fingerprint density at radius 3 is 2.42 bits per heavy atom. The van der Waals surface area contributed by atoms with E-state index in [1.54, 1.807) is 49.5 Å². The molecule has 2 N–H and O–H groups in total. The minimum Gasteiger partial charge on any atom is -0.494 e. The summed E-state index contributed by atoms with van der Waals surface area (Å²) in [5.41, 5.74) is 1.70. The summed E-state index contributed by atoms with van der Waals surface area (Å²) in [7, 11) is 1.58. The lowest BCUT2D eigenvalue weighted by molar-refractivity contribution is 0.0962. The van der Waals surface area contributed by atoms with Gasteiger partial charge in [-0.25, -0.2) is 0 Å². The van der Waals surface area contributed by atoms with Crippen molar-refractivity contribution >= 4 is 17.5 Å². The Balaban J connectivity index is 2.01. The fourth-order valence-corrected chi connectivity index (χ4v) is 2.11. The van der Waals surface area contributed by atoms with Crippen molar-refractivity contribution in [2.45, 2.75) is 19.8 Å². The normalized spacial score (nSPS) is 10.1. The second-order valence-corrected chi connectivity index (χ2v) is 5.34. The van der Waals surface area contributed by atoms with Crippen LogP contribution in [0, 0.1) is 0 Å². The third kappa shape index (κ3) is 4.84. The van der Waals surface area contributed by atoms with Crippen LogP contribution in [-0.4, -0.2) is 25.5 Å². The standard InChI is InChI=1S/C19H22N2O3/c1-3-4-12-24-17-7-5-6-15(13-17)19(23)21-16-10-8-14(9-11-16)18(22)20-2/h5-11,13H,3-4,12H2,1-2H3,(H,20,22)(H,21,23). The first-order valence-electron chi connectivity index (χ1n) is 8.00. The number of nitrogens with one attached hydrogen (secondary N) is 2. The van der Waals surface area contributed by atoms with Crippen LogP contribution >= 0.6 is 0 Å². The van der Waals surface area contributed by atoms with E-state index < -0.39 is 0 Å². The van der Waals surface area contributed by atoms with E-state index in [1.165, 1.54) is 0 Å². The van der Waals surface area contributed by atoms with E-state index in [-0.39, 0.29) is 11.8 Å². The molecule has 0 spiro atoms. The van der Waals surface area contributed by atoms with Crippen LogP contribution in [0.3, 0.4) is 0 Å². The molecule has 5 nitrogen and oxygen atoms in total. The Hall–Kier alpha value is -2.82. The van der Waals surface area contributed by atoms with Gasteiger partial charge >= 0.3 is 0 Å². The first-order chi connectivity index (χ1) is 11.6. The van der Waals surface area contributed by atoms with Crippen LogP contribution in [0.1, 0.15) is 40.5 Å². The number of carbonyl (C=O) groups excluding carboxylic acids is 2. The highest BCUT2D eigenvalue weighted by atomic mass is 16.5. The van der Waals surface area contributed by atoms with Gasteiger partial charge in [0.2, 0.25) is 0 Å². The van der Waals surface area contributed by atoms with Gasteiger partial charge in [0.15, 0.2) is 0 Å². The molecule has 5 heteroatoms. The average Bonchev–Trinajstić information content (AvgIpc) is 2.62. The third-order valence-corrected chi connectivity index (χ3v) is 3.49. The molecule has 126 valence electrons. The Bertz CT molecular complexity index is 696. The summed E-state index contributed by atoms with van der Waals surface area (Å²) in [4.78, 5) is 23.8.